The minimum absolute atomic E-state index is 0.164. The Hall–Kier alpha value is -2.73. The van der Waals surface area contributed by atoms with Gasteiger partial charge in [0.2, 0.25) is 0 Å². The average Bonchev–Trinajstić information content (AvgIpc) is 3.17. The van der Waals surface area contributed by atoms with Gasteiger partial charge < -0.3 is 14.7 Å². The normalized spacial score (nSPS) is 24.7. The first kappa shape index (κ1) is 17.7. The molecule has 0 spiro atoms. The Balaban J connectivity index is 1.87. The molecule has 1 saturated heterocycles. The topological polar surface area (TPSA) is 66.8 Å². The van der Waals surface area contributed by atoms with Gasteiger partial charge in [-0.3, -0.25) is 9.59 Å². The van der Waals surface area contributed by atoms with Crippen molar-refractivity contribution in [1.29, 1.82) is 0 Å². The highest BCUT2D eigenvalue weighted by Crippen LogP contribution is 2.44. The molecule has 6 heteroatoms. The largest absolute Gasteiger partial charge is 0.481 e. The second kappa shape index (κ2) is 7.12. The van der Waals surface area contributed by atoms with Crippen molar-refractivity contribution in [2.24, 2.45) is 0 Å². The van der Waals surface area contributed by atoms with Gasteiger partial charge in [-0.15, -0.1) is 0 Å². The van der Waals surface area contributed by atoms with Crippen LogP contribution in [-0.2, 0) is 9.53 Å². The van der Waals surface area contributed by atoms with Crippen molar-refractivity contribution in [2.75, 3.05) is 13.2 Å². The van der Waals surface area contributed by atoms with Crippen LogP contribution in [0.4, 0.5) is 4.39 Å². The molecule has 140 valence electrons. The zero-order chi connectivity index (χ0) is 19.0. The van der Waals surface area contributed by atoms with E-state index in [0.717, 1.165) is 12.8 Å². The summed E-state index contributed by atoms with van der Waals surface area (Å²) in [4.78, 5) is 26.9. The van der Waals surface area contributed by atoms with Crippen molar-refractivity contribution >= 4 is 11.9 Å². The van der Waals surface area contributed by atoms with Crippen LogP contribution in [0.3, 0.4) is 0 Å². The highest BCUT2D eigenvalue weighted by Gasteiger charge is 2.45. The molecule has 0 aromatic heterocycles. The number of benzene rings is 2. The Labute approximate surface area is 156 Å². The summed E-state index contributed by atoms with van der Waals surface area (Å²) >= 11 is 0. The van der Waals surface area contributed by atoms with Crippen molar-refractivity contribution in [3.8, 4) is 0 Å². The van der Waals surface area contributed by atoms with Crippen LogP contribution >= 0.6 is 0 Å². The number of fused-ring (bicyclic) bond motifs is 1. The summed E-state index contributed by atoms with van der Waals surface area (Å²) in [6.07, 6.45) is 1.53. The first-order valence-corrected chi connectivity index (χ1v) is 9.06. The van der Waals surface area contributed by atoms with Crippen LogP contribution < -0.4 is 0 Å². The van der Waals surface area contributed by atoms with Gasteiger partial charge in [0.15, 0.2) is 0 Å². The number of ether oxygens (including phenoxy) is 1. The van der Waals surface area contributed by atoms with E-state index >= 15 is 0 Å². The highest BCUT2D eigenvalue weighted by atomic mass is 19.1. The van der Waals surface area contributed by atoms with E-state index in [1.54, 1.807) is 42.5 Å². The third-order valence-corrected chi connectivity index (χ3v) is 5.35. The fourth-order valence-corrected chi connectivity index (χ4v) is 4.13. The molecule has 1 N–H and O–H groups in total. The Morgan fingerprint density at radius 1 is 1.15 bits per heavy atom. The molecular formula is C21H20FNO4. The van der Waals surface area contributed by atoms with Gasteiger partial charge in [-0.1, -0.05) is 36.4 Å². The van der Waals surface area contributed by atoms with Crippen LogP contribution in [0.1, 0.15) is 46.3 Å². The molecule has 0 bridgehead atoms. The van der Waals surface area contributed by atoms with E-state index < -0.39 is 23.7 Å². The maximum Gasteiger partial charge on any atom is 0.313 e. The van der Waals surface area contributed by atoms with Gasteiger partial charge in [-0.05, 0) is 30.5 Å². The Bertz CT molecular complexity index is 878. The van der Waals surface area contributed by atoms with Gasteiger partial charge in [-0.25, -0.2) is 4.39 Å². The number of amides is 1. The van der Waals surface area contributed by atoms with E-state index in [4.69, 9.17) is 4.74 Å². The van der Waals surface area contributed by atoms with Crippen LogP contribution in [0.5, 0.6) is 0 Å². The zero-order valence-corrected chi connectivity index (χ0v) is 14.7. The Kier molecular flexibility index (Phi) is 4.66. The first-order valence-electron chi connectivity index (χ1n) is 9.06. The fraction of sp³-hybridized carbons (Fsp3) is 0.333. The number of hydrogen-bond acceptors (Lipinski definition) is 3. The van der Waals surface area contributed by atoms with E-state index in [9.17, 15) is 19.1 Å². The molecule has 2 aromatic carbocycles. The maximum absolute atomic E-state index is 14.6. The van der Waals surface area contributed by atoms with Crippen LogP contribution in [0.15, 0.2) is 48.5 Å². The Morgan fingerprint density at radius 2 is 1.85 bits per heavy atom. The molecule has 27 heavy (non-hydrogen) atoms. The van der Waals surface area contributed by atoms with Crippen molar-refractivity contribution in [3.05, 3.63) is 71.0 Å². The van der Waals surface area contributed by atoms with Crippen LogP contribution in [0.2, 0.25) is 0 Å². The number of hydrogen-bond donors (Lipinski definition) is 1. The molecule has 0 saturated carbocycles. The van der Waals surface area contributed by atoms with Crippen molar-refractivity contribution in [1.82, 2.24) is 4.90 Å². The van der Waals surface area contributed by atoms with Crippen LogP contribution in [-0.4, -0.2) is 41.1 Å². The molecule has 5 nitrogen and oxygen atoms in total. The molecule has 2 heterocycles. The number of nitrogens with zero attached hydrogens (tertiary/aromatic N) is 1. The van der Waals surface area contributed by atoms with Crippen molar-refractivity contribution in [2.45, 2.75) is 30.9 Å². The number of carboxylic acid groups (broad SMARTS) is 1. The predicted octanol–water partition coefficient (Wildman–Crippen LogP) is 3.37. The lowest BCUT2D eigenvalue weighted by Gasteiger charge is -2.41. The number of rotatable bonds is 4. The van der Waals surface area contributed by atoms with E-state index in [1.807, 2.05) is 0 Å². The molecule has 4 rings (SSSR count). The molecule has 2 aliphatic rings. The summed E-state index contributed by atoms with van der Waals surface area (Å²) in [5.74, 6) is -2.93. The number of aliphatic carboxylic acids is 1. The lowest BCUT2D eigenvalue weighted by Crippen LogP contribution is -2.48. The lowest BCUT2D eigenvalue weighted by molar-refractivity contribution is -0.140. The van der Waals surface area contributed by atoms with E-state index in [1.165, 1.54) is 11.0 Å². The molecule has 2 aromatic rings. The average molecular weight is 369 g/mol. The quantitative estimate of drug-likeness (QED) is 0.897. The van der Waals surface area contributed by atoms with Gasteiger partial charge in [0, 0.05) is 24.3 Å². The first-order chi connectivity index (χ1) is 13.1. The molecule has 0 aliphatic carbocycles. The van der Waals surface area contributed by atoms with Gasteiger partial charge >= 0.3 is 5.97 Å². The van der Waals surface area contributed by atoms with Crippen molar-refractivity contribution < 1.29 is 23.8 Å². The molecular weight excluding hydrogens is 349 g/mol. The summed E-state index contributed by atoms with van der Waals surface area (Å²) in [5.41, 5.74) is 0.994. The number of halogens is 1. The minimum atomic E-state index is -1.08. The van der Waals surface area contributed by atoms with Crippen LogP contribution in [0.25, 0.3) is 0 Å². The van der Waals surface area contributed by atoms with Gasteiger partial charge in [-0.2, -0.15) is 0 Å². The van der Waals surface area contributed by atoms with E-state index in [2.05, 4.69) is 0 Å². The molecule has 1 fully saturated rings. The molecule has 1 amide bonds. The SMILES string of the molecule is O=C(O)C1c2ccccc2C(=O)N(CC2CCCO2)C1c1ccccc1F. The molecule has 3 unspecified atom stereocenters. The zero-order valence-electron chi connectivity index (χ0n) is 14.7. The number of carboxylic acids is 1. The standard InChI is InChI=1S/C21H20FNO4/c22-17-10-4-3-9-16(17)19-18(21(25)26)14-7-1-2-8-15(14)20(24)23(19)12-13-6-5-11-27-13/h1-4,7-10,13,18-19H,5-6,11-12H2,(H,25,26). The highest BCUT2D eigenvalue weighted by molar-refractivity contribution is 6.00. The molecule has 3 atom stereocenters. The lowest BCUT2D eigenvalue weighted by atomic mass is 9.79. The summed E-state index contributed by atoms with van der Waals surface area (Å²) in [6, 6.07) is 11.8. The van der Waals surface area contributed by atoms with Gasteiger partial charge in [0.05, 0.1) is 12.1 Å². The van der Waals surface area contributed by atoms with E-state index in [0.29, 0.717) is 17.7 Å². The number of carbonyl (C=O) groups excluding carboxylic acids is 1. The van der Waals surface area contributed by atoms with Gasteiger partial charge in [0.1, 0.15) is 11.7 Å². The molecule has 0 radical (unpaired) electrons. The van der Waals surface area contributed by atoms with Crippen LogP contribution in [0, 0.1) is 5.82 Å². The summed E-state index contributed by atoms with van der Waals surface area (Å²) in [7, 11) is 0. The summed E-state index contributed by atoms with van der Waals surface area (Å²) in [6.45, 7) is 0.867. The third-order valence-electron chi connectivity index (χ3n) is 5.35. The monoisotopic (exact) mass is 369 g/mol. The number of carbonyl (C=O) groups is 2. The summed E-state index contributed by atoms with van der Waals surface area (Å²) in [5, 5.41) is 9.98. The Morgan fingerprint density at radius 3 is 2.52 bits per heavy atom. The maximum atomic E-state index is 14.6. The fourth-order valence-electron chi connectivity index (χ4n) is 4.13. The predicted molar refractivity (Wildman–Crippen MR) is 96.0 cm³/mol. The second-order valence-corrected chi connectivity index (χ2v) is 6.96. The minimum Gasteiger partial charge on any atom is -0.481 e. The van der Waals surface area contributed by atoms with Gasteiger partial charge in [0.25, 0.3) is 5.91 Å². The molecule has 2 aliphatic heterocycles. The smallest absolute Gasteiger partial charge is 0.313 e. The summed E-state index contributed by atoms with van der Waals surface area (Å²) < 4.78 is 20.3. The third kappa shape index (κ3) is 3.10. The van der Waals surface area contributed by atoms with Crippen molar-refractivity contribution in [3.63, 3.8) is 0 Å². The second-order valence-electron chi connectivity index (χ2n) is 6.96. The van der Waals surface area contributed by atoms with E-state index in [-0.39, 0.29) is 24.1 Å².